The molecule has 0 spiro atoms. The van der Waals surface area contributed by atoms with Gasteiger partial charge in [0.25, 0.3) is 0 Å². The number of nitrogens with zero attached hydrogens (tertiary/aromatic N) is 1. The summed E-state index contributed by atoms with van der Waals surface area (Å²) in [4.78, 5) is 23.7. The molecule has 5 nitrogen and oxygen atoms in total. The van der Waals surface area contributed by atoms with Crippen molar-refractivity contribution in [2.75, 3.05) is 13.2 Å². The van der Waals surface area contributed by atoms with Crippen LogP contribution in [0.25, 0.3) is 0 Å². The molecule has 1 heterocycles. The number of amides is 1. The number of ether oxygens (including phenoxy) is 1. The van der Waals surface area contributed by atoms with E-state index in [1.165, 1.54) is 11.0 Å². The predicted molar refractivity (Wildman–Crippen MR) is 67.2 cm³/mol. The number of carboxylic acid groups (broad SMARTS) is 1. The molecule has 0 aliphatic carbocycles. The molecule has 1 aliphatic heterocycles. The normalized spacial score (nSPS) is 23.9. The second kappa shape index (κ2) is 5.42. The SMILES string of the molecule is CCOC(=O)C=CC1CN(C(=O)O)C1C(C)(C)C. The molecule has 102 valence electrons. The zero-order chi connectivity index (χ0) is 13.9. The highest BCUT2D eigenvalue weighted by molar-refractivity contribution is 5.82. The van der Waals surface area contributed by atoms with Gasteiger partial charge in [-0.2, -0.15) is 0 Å². The quantitative estimate of drug-likeness (QED) is 0.619. The summed E-state index contributed by atoms with van der Waals surface area (Å²) in [5, 5.41) is 9.06. The summed E-state index contributed by atoms with van der Waals surface area (Å²) in [5.41, 5.74) is -0.152. The topological polar surface area (TPSA) is 66.8 Å². The average molecular weight is 255 g/mol. The van der Waals surface area contributed by atoms with Crippen molar-refractivity contribution in [1.82, 2.24) is 4.90 Å². The highest BCUT2D eigenvalue weighted by Crippen LogP contribution is 2.38. The van der Waals surface area contributed by atoms with Gasteiger partial charge in [-0.05, 0) is 12.3 Å². The summed E-state index contributed by atoms with van der Waals surface area (Å²) in [5.74, 6) is -0.301. The molecule has 0 saturated carbocycles. The Kier molecular flexibility index (Phi) is 4.38. The van der Waals surface area contributed by atoms with Crippen LogP contribution in [0.4, 0.5) is 4.79 Å². The molecule has 2 unspecified atom stereocenters. The number of likely N-dealkylation sites (tertiary alicyclic amines) is 1. The number of hydrogen-bond acceptors (Lipinski definition) is 3. The standard InChI is InChI=1S/C13H21NO4/c1-5-18-10(15)7-6-9-8-14(12(16)17)11(9)13(2,3)4/h6-7,9,11H,5,8H2,1-4H3,(H,16,17). The molecule has 0 bridgehead atoms. The average Bonchev–Trinajstić information content (AvgIpc) is 2.12. The van der Waals surface area contributed by atoms with Crippen LogP contribution in [-0.2, 0) is 9.53 Å². The first-order chi connectivity index (χ1) is 8.27. The second-order valence-corrected chi connectivity index (χ2v) is 5.52. The summed E-state index contributed by atoms with van der Waals surface area (Å²) in [6.45, 7) is 8.53. The van der Waals surface area contributed by atoms with Crippen molar-refractivity contribution >= 4 is 12.1 Å². The van der Waals surface area contributed by atoms with E-state index in [9.17, 15) is 9.59 Å². The Labute approximate surface area is 107 Å². The Morgan fingerprint density at radius 3 is 2.50 bits per heavy atom. The molecule has 0 aromatic rings. The van der Waals surface area contributed by atoms with Gasteiger partial charge >= 0.3 is 12.1 Å². The van der Waals surface area contributed by atoms with Gasteiger partial charge < -0.3 is 14.7 Å². The highest BCUT2D eigenvalue weighted by Gasteiger charge is 2.47. The van der Waals surface area contributed by atoms with Crippen LogP contribution in [0.3, 0.4) is 0 Å². The number of hydrogen-bond donors (Lipinski definition) is 1. The van der Waals surface area contributed by atoms with Crippen molar-refractivity contribution < 1.29 is 19.4 Å². The third-order valence-electron chi connectivity index (χ3n) is 3.05. The number of carbonyl (C=O) groups is 2. The first kappa shape index (κ1) is 14.5. The van der Waals surface area contributed by atoms with Gasteiger partial charge in [-0.1, -0.05) is 26.8 Å². The van der Waals surface area contributed by atoms with E-state index in [-0.39, 0.29) is 23.3 Å². The zero-order valence-electron chi connectivity index (χ0n) is 11.3. The van der Waals surface area contributed by atoms with E-state index in [1.54, 1.807) is 13.0 Å². The summed E-state index contributed by atoms with van der Waals surface area (Å²) < 4.78 is 4.80. The summed E-state index contributed by atoms with van der Waals surface area (Å²) >= 11 is 0. The van der Waals surface area contributed by atoms with Crippen LogP contribution in [0.15, 0.2) is 12.2 Å². The Morgan fingerprint density at radius 2 is 2.06 bits per heavy atom. The maximum atomic E-state index is 11.2. The van der Waals surface area contributed by atoms with E-state index in [4.69, 9.17) is 9.84 Å². The number of rotatable bonds is 3. The minimum atomic E-state index is -0.907. The van der Waals surface area contributed by atoms with Crippen molar-refractivity contribution in [3.05, 3.63) is 12.2 Å². The first-order valence-electron chi connectivity index (χ1n) is 6.12. The van der Waals surface area contributed by atoms with Crippen LogP contribution in [0.1, 0.15) is 27.7 Å². The van der Waals surface area contributed by atoms with Crippen LogP contribution in [0.5, 0.6) is 0 Å². The molecule has 1 rings (SSSR count). The van der Waals surface area contributed by atoms with Crippen molar-refractivity contribution in [2.24, 2.45) is 11.3 Å². The molecule has 1 fully saturated rings. The Hall–Kier alpha value is -1.52. The second-order valence-electron chi connectivity index (χ2n) is 5.52. The molecular formula is C13H21NO4. The fourth-order valence-electron chi connectivity index (χ4n) is 2.40. The van der Waals surface area contributed by atoms with Crippen molar-refractivity contribution in [3.8, 4) is 0 Å². The minimum Gasteiger partial charge on any atom is -0.465 e. The van der Waals surface area contributed by atoms with Gasteiger partial charge in [0.1, 0.15) is 0 Å². The molecule has 0 radical (unpaired) electrons. The number of esters is 1. The Morgan fingerprint density at radius 1 is 1.44 bits per heavy atom. The predicted octanol–water partition coefficient (Wildman–Crippen LogP) is 2.13. The summed E-state index contributed by atoms with van der Waals surface area (Å²) in [7, 11) is 0. The van der Waals surface area contributed by atoms with Crippen molar-refractivity contribution in [1.29, 1.82) is 0 Å². The molecule has 18 heavy (non-hydrogen) atoms. The van der Waals surface area contributed by atoms with E-state index >= 15 is 0 Å². The Bertz CT molecular complexity index is 356. The Balaban J connectivity index is 2.68. The zero-order valence-corrected chi connectivity index (χ0v) is 11.3. The smallest absolute Gasteiger partial charge is 0.407 e. The third-order valence-corrected chi connectivity index (χ3v) is 3.05. The maximum Gasteiger partial charge on any atom is 0.407 e. The lowest BCUT2D eigenvalue weighted by Crippen LogP contribution is -2.62. The number of carbonyl (C=O) groups excluding carboxylic acids is 1. The molecule has 1 N–H and O–H groups in total. The van der Waals surface area contributed by atoms with Gasteiger partial charge in [0.05, 0.1) is 6.61 Å². The molecule has 1 saturated heterocycles. The largest absolute Gasteiger partial charge is 0.465 e. The lowest BCUT2D eigenvalue weighted by molar-refractivity contribution is -0.137. The third kappa shape index (κ3) is 3.24. The van der Waals surface area contributed by atoms with Gasteiger partial charge in [-0.15, -0.1) is 0 Å². The maximum absolute atomic E-state index is 11.2. The van der Waals surface area contributed by atoms with E-state index in [2.05, 4.69) is 0 Å². The fourth-order valence-corrected chi connectivity index (χ4v) is 2.40. The molecular weight excluding hydrogens is 234 g/mol. The lowest BCUT2D eigenvalue weighted by atomic mass is 9.72. The monoisotopic (exact) mass is 255 g/mol. The van der Waals surface area contributed by atoms with Gasteiger partial charge in [0, 0.05) is 24.6 Å². The molecule has 0 aromatic heterocycles. The van der Waals surface area contributed by atoms with Gasteiger partial charge in [0.2, 0.25) is 0 Å². The lowest BCUT2D eigenvalue weighted by Gasteiger charge is -2.51. The van der Waals surface area contributed by atoms with Crippen molar-refractivity contribution in [3.63, 3.8) is 0 Å². The molecule has 0 aromatic carbocycles. The van der Waals surface area contributed by atoms with Gasteiger partial charge in [-0.25, -0.2) is 9.59 Å². The fraction of sp³-hybridized carbons (Fsp3) is 0.692. The highest BCUT2D eigenvalue weighted by atomic mass is 16.5. The molecule has 2 atom stereocenters. The summed E-state index contributed by atoms with van der Waals surface area (Å²) in [6.07, 6.45) is 2.25. The van der Waals surface area contributed by atoms with Crippen LogP contribution in [-0.4, -0.2) is 41.3 Å². The van der Waals surface area contributed by atoms with Crippen molar-refractivity contribution in [2.45, 2.75) is 33.7 Å². The first-order valence-corrected chi connectivity index (χ1v) is 6.12. The van der Waals surface area contributed by atoms with Gasteiger partial charge in [-0.3, -0.25) is 0 Å². The molecule has 1 amide bonds. The van der Waals surface area contributed by atoms with E-state index in [0.717, 1.165) is 0 Å². The minimum absolute atomic E-state index is 0.0745. The van der Waals surface area contributed by atoms with Crippen LogP contribution in [0.2, 0.25) is 0 Å². The van der Waals surface area contributed by atoms with E-state index < -0.39 is 6.09 Å². The van der Waals surface area contributed by atoms with E-state index in [1.807, 2.05) is 20.8 Å². The molecule has 1 aliphatic rings. The van der Waals surface area contributed by atoms with Crippen LogP contribution >= 0.6 is 0 Å². The van der Waals surface area contributed by atoms with Crippen LogP contribution < -0.4 is 0 Å². The molecule has 5 heteroatoms. The van der Waals surface area contributed by atoms with E-state index in [0.29, 0.717) is 13.2 Å². The summed E-state index contributed by atoms with van der Waals surface area (Å²) in [6, 6.07) is -0.0966. The van der Waals surface area contributed by atoms with Gasteiger partial charge in [0.15, 0.2) is 0 Å². The van der Waals surface area contributed by atoms with Crippen LogP contribution in [0, 0.1) is 11.3 Å².